The summed E-state index contributed by atoms with van der Waals surface area (Å²) in [6, 6.07) is 0. The number of esters is 1. The lowest BCUT2D eigenvalue weighted by Crippen LogP contribution is -2.26. The van der Waals surface area contributed by atoms with Crippen molar-refractivity contribution < 1.29 is 14.3 Å². The van der Waals surface area contributed by atoms with E-state index in [0.29, 0.717) is 6.61 Å². The van der Waals surface area contributed by atoms with Gasteiger partial charge >= 0.3 is 5.97 Å². The maximum absolute atomic E-state index is 12.1. The van der Waals surface area contributed by atoms with Crippen LogP contribution in [0.4, 0.5) is 0 Å². The first-order valence-corrected chi connectivity index (χ1v) is 17.4. The molecule has 1 unspecified atom stereocenters. The molecule has 3 heteroatoms. The third-order valence-corrected chi connectivity index (χ3v) is 7.61. The highest BCUT2D eigenvalue weighted by molar-refractivity contribution is 5.74. The van der Waals surface area contributed by atoms with E-state index in [-0.39, 0.29) is 12.1 Å². The highest BCUT2D eigenvalue weighted by atomic mass is 16.6. The molecule has 0 rings (SSSR count). The Morgan fingerprint density at radius 2 is 0.925 bits per heavy atom. The van der Waals surface area contributed by atoms with Gasteiger partial charge in [-0.15, -0.1) is 0 Å². The predicted octanol–water partition coefficient (Wildman–Crippen LogP) is 12.0. The molecule has 0 aromatic rings. The van der Waals surface area contributed by atoms with Crippen molar-refractivity contribution in [1.29, 1.82) is 0 Å². The largest absolute Gasteiger partial charge is 0.467 e. The van der Waals surface area contributed by atoms with Crippen molar-refractivity contribution in [2.45, 2.75) is 180 Å². The van der Waals surface area contributed by atoms with Crippen LogP contribution in [0.25, 0.3) is 0 Å². The van der Waals surface area contributed by atoms with Crippen molar-refractivity contribution in [3.8, 4) is 0 Å². The molecular weight excluding hydrogens is 492 g/mol. The summed E-state index contributed by atoms with van der Waals surface area (Å²) in [5.41, 5.74) is 0. The predicted molar refractivity (Wildman–Crippen MR) is 176 cm³/mol. The molecule has 1 atom stereocenters. The van der Waals surface area contributed by atoms with Gasteiger partial charge in [0.25, 0.3) is 0 Å². The monoisotopic (exact) mass is 561 g/mol. The van der Waals surface area contributed by atoms with Crippen molar-refractivity contribution in [2.75, 3.05) is 13.7 Å². The molecular formula is C37H68O3. The van der Waals surface area contributed by atoms with Gasteiger partial charge in [0, 0.05) is 6.61 Å². The van der Waals surface area contributed by atoms with Gasteiger partial charge in [0.1, 0.15) is 0 Å². The van der Waals surface area contributed by atoms with Crippen LogP contribution in [0.3, 0.4) is 0 Å². The van der Waals surface area contributed by atoms with E-state index in [2.05, 4.69) is 50.3 Å². The van der Waals surface area contributed by atoms with Crippen LogP contribution in [0.5, 0.6) is 0 Å². The second-order valence-corrected chi connectivity index (χ2v) is 11.5. The molecule has 0 spiro atoms. The van der Waals surface area contributed by atoms with Gasteiger partial charge in [0.15, 0.2) is 6.10 Å². The van der Waals surface area contributed by atoms with Crippen molar-refractivity contribution in [1.82, 2.24) is 0 Å². The first kappa shape index (κ1) is 38.6. The first-order chi connectivity index (χ1) is 19.8. The van der Waals surface area contributed by atoms with Crippen molar-refractivity contribution in [3.63, 3.8) is 0 Å². The van der Waals surface area contributed by atoms with Crippen LogP contribution < -0.4 is 0 Å². The summed E-state index contributed by atoms with van der Waals surface area (Å²) >= 11 is 0. The van der Waals surface area contributed by atoms with E-state index in [4.69, 9.17) is 9.47 Å². The lowest BCUT2D eigenvalue weighted by Gasteiger charge is -2.15. The minimum absolute atomic E-state index is 0.210. The lowest BCUT2D eigenvalue weighted by atomic mass is 10.1. The maximum atomic E-state index is 12.1. The first-order valence-electron chi connectivity index (χ1n) is 17.4. The highest BCUT2D eigenvalue weighted by Crippen LogP contribution is 2.14. The van der Waals surface area contributed by atoms with Gasteiger partial charge in [-0.05, 0) is 70.6 Å². The molecule has 0 amide bonds. The fourth-order valence-electron chi connectivity index (χ4n) is 4.94. The Hall–Kier alpha value is -1.35. The van der Waals surface area contributed by atoms with Crippen LogP contribution >= 0.6 is 0 Å². The van der Waals surface area contributed by atoms with E-state index in [1.807, 2.05) is 0 Å². The van der Waals surface area contributed by atoms with E-state index in [0.717, 1.165) is 32.1 Å². The number of carbonyl (C=O) groups excluding carboxylic acids is 1. The van der Waals surface area contributed by atoms with E-state index in [1.54, 1.807) is 0 Å². The standard InChI is InChI=1S/C37H68O3/c1-4-6-8-10-12-14-16-18-20-21-23-25-27-29-31-33-35-40-36(37(38)39-3)34-32-30-28-26-24-22-19-17-15-13-11-9-7-5-2/h12,14,18-20,22,36H,4-11,13,15-17,21,23-35H2,1-3H3/b14-12-,20-18-,22-19-. The summed E-state index contributed by atoms with van der Waals surface area (Å²) in [5, 5.41) is 0. The molecule has 0 aliphatic heterocycles. The fourth-order valence-corrected chi connectivity index (χ4v) is 4.94. The van der Waals surface area contributed by atoms with Crippen LogP contribution in [-0.4, -0.2) is 25.8 Å². The normalized spacial score (nSPS) is 12.8. The second-order valence-electron chi connectivity index (χ2n) is 11.5. The van der Waals surface area contributed by atoms with Gasteiger partial charge in [-0.1, -0.05) is 140 Å². The van der Waals surface area contributed by atoms with E-state index < -0.39 is 0 Å². The summed E-state index contributed by atoms with van der Waals surface area (Å²) in [4.78, 5) is 12.1. The Labute approximate surface area is 250 Å². The SMILES string of the molecule is CCCCC/C=C\C/C=C\CCCCCCCCOC(CCCCCC/C=C\CCCCCCCC)C(=O)OC. The number of allylic oxidation sites excluding steroid dienone is 6. The third-order valence-electron chi connectivity index (χ3n) is 7.61. The van der Waals surface area contributed by atoms with E-state index >= 15 is 0 Å². The minimum Gasteiger partial charge on any atom is -0.467 e. The van der Waals surface area contributed by atoms with Gasteiger partial charge < -0.3 is 9.47 Å². The van der Waals surface area contributed by atoms with Gasteiger partial charge in [0.2, 0.25) is 0 Å². The van der Waals surface area contributed by atoms with Crippen molar-refractivity contribution >= 4 is 5.97 Å². The fraction of sp³-hybridized carbons (Fsp3) is 0.811. The maximum Gasteiger partial charge on any atom is 0.334 e. The van der Waals surface area contributed by atoms with Crippen molar-refractivity contribution in [2.24, 2.45) is 0 Å². The van der Waals surface area contributed by atoms with Gasteiger partial charge in [-0.2, -0.15) is 0 Å². The van der Waals surface area contributed by atoms with E-state index in [9.17, 15) is 4.79 Å². The zero-order chi connectivity index (χ0) is 29.2. The summed E-state index contributed by atoms with van der Waals surface area (Å²) in [6.07, 6.45) is 44.5. The Morgan fingerprint density at radius 1 is 0.525 bits per heavy atom. The van der Waals surface area contributed by atoms with E-state index in [1.165, 1.54) is 136 Å². The number of methoxy groups -OCH3 is 1. The zero-order valence-electron chi connectivity index (χ0n) is 27.2. The van der Waals surface area contributed by atoms with Crippen LogP contribution in [-0.2, 0) is 14.3 Å². The van der Waals surface area contributed by atoms with Gasteiger partial charge in [0.05, 0.1) is 7.11 Å². The molecule has 0 radical (unpaired) electrons. The summed E-state index contributed by atoms with van der Waals surface area (Å²) in [7, 11) is 1.47. The lowest BCUT2D eigenvalue weighted by molar-refractivity contribution is -0.154. The summed E-state index contributed by atoms with van der Waals surface area (Å²) in [5.74, 6) is -0.210. The number of carbonyl (C=O) groups is 1. The van der Waals surface area contributed by atoms with Crippen LogP contribution in [0.1, 0.15) is 174 Å². The molecule has 0 saturated carbocycles. The quantitative estimate of drug-likeness (QED) is 0.0480. The van der Waals surface area contributed by atoms with Crippen LogP contribution in [0.15, 0.2) is 36.5 Å². The number of hydrogen-bond donors (Lipinski definition) is 0. The Kier molecular flexibility index (Phi) is 32.7. The molecule has 0 aromatic carbocycles. The molecule has 234 valence electrons. The third kappa shape index (κ3) is 29.6. The Balaban J connectivity index is 3.62. The smallest absolute Gasteiger partial charge is 0.334 e. The van der Waals surface area contributed by atoms with Gasteiger partial charge in [-0.3, -0.25) is 0 Å². The van der Waals surface area contributed by atoms with Gasteiger partial charge in [-0.25, -0.2) is 4.79 Å². The number of rotatable bonds is 31. The Morgan fingerprint density at radius 3 is 1.45 bits per heavy atom. The molecule has 0 fully saturated rings. The molecule has 0 N–H and O–H groups in total. The molecule has 0 heterocycles. The van der Waals surface area contributed by atoms with Crippen LogP contribution in [0.2, 0.25) is 0 Å². The number of unbranched alkanes of at least 4 members (excludes halogenated alkanes) is 19. The molecule has 3 nitrogen and oxygen atoms in total. The summed E-state index contributed by atoms with van der Waals surface area (Å²) in [6.45, 7) is 5.19. The molecule has 0 aliphatic carbocycles. The van der Waals surface area contributed by atoms with Crippen molar-refractivity contribution in [3.05, 3.63) is 36.5 Å². The van der Waals surface area contributed by atoms with Crippen LogP contribution in [0, 0.1) is 0 Å². The molecule has 0 saturated heterocycles. The number of ether oxygens (including phenoxy) is 2. The summed E-state index contributed by atoms with van der Waals surface area (Å²) < 4.78 is 10.9. The minimum atomic E-state index is -0.389. The molecule has 0 aromatic heterocycles. The number of hydrogen-bond acceptors (Lipinski definition) is 3. The Bertz CT molecular complexity index is 592. The highest BCUT2D eigenvalue weighted by Gasteiger charge is 2.18. The molecule has 40 heavy (non-hydrogen) atoms. The molecule has 0 bridgehead atoms. The average molecular weight is 561 g/mol. The molecule has 0 aliphatic rings. The second kappa shape index (κ2) is 33.9. The zero-order valence-corrected chi connectivity index (χ0v) is 27.2. The topological polar surface area (TPSA) is 35.5 Å². The average Bonchev–Trinajstić information content (AvgIpc) is 2.97.